The second-order valence-electron chi connectivity index (χ2n) is 5.59. The maximum atomic E-state index is 11.1. The molecule has 0 aromatic heterocycles. The summed E-state index contributed by atoms with van der Waals surface area (Å²) in [7, 11) is 0. The summed E-state index contributed by atoms with van der Waals surface area (Å²) in [6.45, 7) is 10.0. The Bertz CT molecular complexity index is 549. The van der Waals surface area contributed by atoms with Crippen molar-refractivity contribution in [1.82, 2.24) is 4.90 Å². The number of hydrogen-bond donors (Lipinski definition) is 1. The monoisotopic (exact) mass is 310 g/mol. The lowest BCUT2D eigenvalue weighted by Gasteiger charge is -2.36. The van der Waals surface area contributed by atoms with Gasteiger partial charge in [-0.1, -0.05) is 0 Å². The van der Waals surface area contributed by atoms with Gasteiger partial charge in [0.15, 0.2) is 0 Å². The van der Waals surface area contributed by atoms with Crippen molar-refractivity contribution in [2.75, 3.05) is 0 Å². The van der Waals surface area contributed by atoms with Crippen molar-refractivity contribution < 1.29 is 19.6 Å². The number of carboxylic acid groups (broad SMARTS) is 1. The molecule has 0 bridgehead atoms. The van der Waals surface area contributed by atoms with Gasteiger partial charge >= 0.3 is 5.97 Å². The molecule has 1 aromatic rings. The van der Waals surface area contributed by atoms with Gasteiger partial charge in [-0.05, 0) is 40.7 Å². The van der Waals surface area contributed by atoms with Crippen LogP contribution in [0.5, 0.6) is 5.75 Å². The van der Waals surface area contributed by atoms with E-state index in [1.54, 1.807) is 0 Å². The molecule has 0 radical (unpaired) electrons. The lowest BCUT2D eigenvalue weighted by atomic mass is 10.1. The molecule has 0 aliphatic rings. The molecular weight excluding hydrogens is 288 g/mol. The van der Waals surface area contributed by atoms with E-state index in [-0.39, 0.29) is 23.9 Å². The molecule has 0 heterocycles. The maximum absolute atomic E-state index is 11.1. The van der Waals surface area contributed by atoms with Crippen molar-refractivity contribution in [1.29, 1.82) is 0 Å². The van der Waals surface area contributed by atoms with E-state index in [0.717, 1.165) is 6.07 Å². The summed E-state index contributed by atoms with van der Waals surface area (Å²) in [6, 6.07) is 4.25. The van der Waals surface area contributed by atoms with Gasteiger partial charge in [0, 0.05) is 24.2 Å². The lowest BCUT2D eigenvalue weighted by molar-refractivity contribution is -0.385. The number of rotatable bonds is 7. The van der Waals surface area contributed by atoms with Crippen LogP contribution in [0.1, 0.15) is 45.0 Å². The van der Waals surface area contributed by atoms with Gasteiger partial charge in [0.25, 0.3) is 5.69 Å². The molecule has 0 aliphatic heterocycles. The molecule has 0 aliphatic carbocycles. The van der Waals surface area contributed by atoms with Gasteiger partial charge in [0.1, 0.15) is 17.5 Å². The topological polar surface area (TPSA) is 92.9 Å². The van der Waals surface area contributed by atoms with Gasteiger partial charge in [-0.2, -0.15) is 0 Å². The van der Waals surface area contributed by atoms with Crippen molar-refractivity contribution in [3.8, 4) is 5.75 Å². The minimum absolute atomic E-state index is 0.243. The second-order valence-corrected chi connectivity index (χ2v) is 5.59. The van der Waals surface area contributed by atoms with Crippen LogP contribution >= 0.6 is 0 Å². The fraction of sp³-hybridized carbons (Fsp3) is 0.533. The molecule has 22 heavy (non-hydrogen) atoms. The number of nitro benzene ring substituents is 1. The van der Waals surface area contributed by atoms with E-state index in [2.05, 4.69) is 4.90 Å². The molecule has 1 rings (SSSR count). The van der Waals surface area contributed by atoms with Crippen LogP contribution in [0.15, 0.2) is 18.2 Å². The number of hydrogen-bond acceptors (Lipinski definition) is 5. The first kappa shape index (κ1) is 17.9. The highest BCUT2D eigenvalue weighted by Gasteiger charge is 2.24. The SMILES string of the molecule is CC(C)N(C(C)C)C(C)Oc1ccc([N+](=O)[O-])c(C(=O)O)c1. The molecule has 0 saturated heterocycles. The van der Waals surface area contributed by atoms with Crippen LogP contribution in [0.2, 0.25) is 0 Å². The van der Waals surface area contributed by atoms with E-state index < -0.39 is 16.6 Å². The Morgan fingerprint density at radius 1 is 1.23 bits per heavy atom. The third-order valence-electron chi connectivity index (χ3n) is 3.31. The van der Waals surface area contributed by atoms with Crippen molar-refractivity contribution in [2.45, 2.75) is 52.9 Å². The van der Waals surface area contributed by atoms with Crippen molar-refractivity contribution >= 4 is 11.7 Å². The fourth-order valence-corrected chi connectivity index (χ4v) is 2.61. The first-order valence-electron chi connectivity index (χ1n) is 7.11. The Kier molecular flexibility index (Phi) is 5.87. The number of nitrogens with zero attached hydrogens (tertiary/aromatic N) is 2. The molecule has 1 aromatic carbocycles. The summed E-state index contributed by atoms with van der Waals surface area (Å²) in [5.74, 6) is -1.06. The summed E-state index contributed by atoms with van der Waals surface area (Å²) in [5.41, 5.74) is -0.826. The summed E-state index contributed by atoms with van der Waals surface area (Å²) >= 11 is 0. The van der Waals surface area contributed by atoms with E-state index >= 15 is 0 Å². The van der Waals surface area contributed by atoms with Crippen LogP contribution in [0.3, 0.4) is 0 Å². The van der Waals surface area contributed by atoms with Crippen molar-refractivity contribution in [3.63, 3.8) is 0 Å². The average Bonchev–Trinajstić information content (AvgIpc) is 2.36. The van der Waals surface area contributed by atoms with E-state index in [0.29, 0.717) is 5.75 Å². The number of carboxylic acids is 1. The number of benzene rings is 1. The van der Waals surface area contributed by atoms with Crippen molar-refractivity contribution in [3.05, 3.63) is 33.9 Å². The predicted molar refractivity (Wildman–Crippen MR) is 82.3 cm³/mol. The third-order valence-corrected chi connectivity index (χ3v) is 3.31. The second kappa shape index (κ2) is 7.22. The summed E-state index contributed by atoms with van der Waals surface area (Å²) in [4.78, 5) is 23.4. The molecule has 0 fully saturated rings. The highest BCUT2D eigenvalue weighted by molar-refractivity contribution is 5.92. The first-order valence-corrected chi connectivity index (χ1v) is 7.11. The zero-order valence-corrected chi connectivity index (χ0v) is 13.4. The molecule has 1 N–H and O–H groups in total. The van der Waals surface area contributed by atoms with Gasteiger partial charge in [-0.25, -0.2) is 4.79 Å². The molecule has 1 atom stereocenters. The van der Waals surface area contributed by atoms with Crippen LogP contribution in [0.4, 0.5) is 5.69 Å². The number of aromatic carboxylic acids is 1. The van der Waals surface area contributed by atoms with E-state index in [9.17, 15) is 14.9 Å². The number of ether oxygens (including phenoxy) is 1. The van der Waals surface area contributed by atoms with Crippen LogP contribution < -0.4 is 4.74 Å². The van der Waals surface area contributed by atoms with E-state index in [4.69, 9.17) is 9.84 Å². The molecule has 0 spiro atoms. The quantitative estimate of drug-likeness (QED) is 0.472. The molecule has 7 nitrogen and oxygen atoms in total. The van der Waals surface area contributed by atoms with E-state index in [1.807, 2.05) is 34.6 Å². The zero-order chi connectivity index (χ0) is 17.0. The highest BCUT2D eigenvalue weighted by Crippen LogP contribution is 2.25. The summed E-state index contributed by atoms with van der Waals surface area (Å²) in [5, 5.41) is 19.9. The predicted octanol–water partition coefficient (Wildman–Crippen LogP) is 3.14. The largest absolute Gasteiger partial charge is 0.477 e. The molecular formula is C15H22N2O5. The Labute approximate surface area is 129 Å². The number of nitro groups is 1. The lowest BCUT2D eigenvalue weighted by Crippen LogP contribution is -2.46. The first-order chi connectivity index (χ1) is 10.1. The van der Waals surface area contributed by atoms with Crippen LogP contribution in [0, 0.1) is 10.1 Å². The summed E-state index contributed by atoms with van der Waals surface area (Å²) in [6.07, 6.45) is -0.289. The van der Waals surface area contributed by atoms with Gasteiger partial charge in [-0.3, -0.25) is 15.0 Å². The molecule has 0 saturated carbocycles. The van der Waals surface area contributed by atoms with Crippen LogP contribution in [-0.4, -0.2) is 39.2 Å². The van der Waals surface area contributed by atoms with Crippen LogP contribution in [-0.2, 0) is 0 Å². The Hall–Kier alpha value is -2.15. The Morgan fingerprint density at radius 2 is 1.77 bits per heavy atom. The average molecular weight is 310 g/mol. The summed E-state index contributed by atoms with van der Waals surface area (Å²) < 4.78 is 5.76. The highest BCUT2D eigenvalue weighted by atomic mass is 16.6. The van der Waals surface area contributed by atoms with Gasteiger partial charge < -0.3 is 9.84 Å². The Morgan fingerprint density at radius 3 is 2.18 bits per heavy atom. The third kappa shape index (κ3) is 4.17. The molecule has 0 amide bonds. The standard InChI is InChI=1S/C15H22N2O5/c1-9(2)16(10(3)4)11(5)22-12-6-7-14(17(20)21)13(8-12)15(18)19/h6-11H,1-5H3,(H,18,19). The number of carbonyl (C=O) groups is 1. The Balaban J connectivity index is 3.06. The van der Waals surface area contributed by atoms with Gasteiger partial charge in [0.2, 0.25) is 0 Å². The zero-order valence-electron chi connectivity index (χ0n) is 13.4. The smallest absolute Gasteiger partial charge is 0.342 e. The van der Waals surface area contributed by atoms with Crippen LogP contribution in [0.25, 0.3) is 0 Å². The maximum Gasteiger partial charge on any atom is 0.342 e. The fourth-order valence-electron chi connectivity index (χ4n) is 2.61. The molecule has 1 unspecified atom stereocenters. The van der Waals surface area contributed by atoms with Crippen molar-refractivity contribution in [2.24, 2.45) is 0 Å². The molecule has 122 valence electrons. The normalized spacial score (nSPS) is 12.7. The van der Waals surface area contributed by atoms with Gasteiger partial charge in [-0.15, -0.1) is 0 Å². The minimum Gasteiger partial charge on any atom is -0.477 e. The molecule has 7 heteroatoms. The van der Waals surface area contributed by atoms with E-state index in [1.165, 1.54) is 12.1 Å². The minimum atomic E-state index is -1.35. The van der Waals surface area contributed by atoms with Gasteiger partial charge in [0.05, 0.1) is 4.92 Å².